The van der Waals surface area contributed by atoms with Crippen molar-refractivity contribution in [1.29, 1.82) is 0 Å². The molecule has 11 nitrogen and oxygen atoms in total. The largest absolute Gasteiger partial charge is 0.462 e. The number of benzene rings is 2. The number of halogens is 1. The number of nitrogens with one attached hydrogen (secondary N) is 2. The van der Waals surface area contributed by atoms with Gasteiger partial charge in [-0.05, 0) is 62.7 Å². The fourth-order valence-corrected chi connectivity index (χ4v) is 4.13. The second-order valence-corrected chi connectivity index (χ2v) is 9.61. The highest BCUT2D eigenvalue weighted by Gasteiger charge is 2.26. The Hall–Kier alpha value is -4.51. The zero-order chi connectivity index (χ0) is 25.6. The van der Waals surface area contributed by atoms with Crippen molar-refractivity contribution in [2.75, 3.05) is 17.2 Å². The van der Waals surface area contributed by atoms with Crippen LogP contribution in [0.3, 0.4) is 0 Å². The zero-order valence-electron chi connectivity index (χ0n) is 20.2. The molecule has 0 bridgehead atoms. The van der Waals surface area contributed by atoms with E-state index in [9.17, 15) is 0 Å². The number of anilines is 3. The van der Waals surface area contributed by atoms with Gasteiger partial charge in [0.15, 0.2) is 5.65 Å². The first-order valence-electron chi connectivity index (χ1n) is 11.5. The van der Waals surface area contributed by atoms with Gasteiger partial charge in [-0.25, -0.2) is 19.9 Å². The van der Waals surface area contributed by atoms with Crippen molar-refractivity contribution in [2.45, 2.75) is 26.3 Å². The van der Waals surface area contributed by atoms with Crippen molar-refractivity contribution in [1.82, 2.24) is 29.5 Å². The van der Waals surface area contributed by atoms with E-state index >= 15 is 0 Å². The van der Waals surface area contributed by atoms with Crippen LogP contribution in [0.4, 0.5) is 17.2 Å². The molecule has 37 heavy (non-hydrogen) atoms. The fraction of sp³-hybridized carbons (Fsp3) is 0.200. The Kier molecular flexibility index (Phi) is 5.49. The Labute approximate surface area is 216 Å². The second-order valence-electron chi connectivity index (χ2n) is 9.23. The van der Waals surface area contributed by atoms with E-state index in [1.54, 1.807) is 10.7 Å². The third-order valence-electron chi connectivity index (χ3n) is 5.75. The summed E-state index contributed by atoms with van der Waals surface area (Å²) in [5, 5.41) is 15.6. The quantitative estimate of drug-likeness (QED) is 0.327. The van der Waals surface area contributed by atoms with Crippen LogP contribution in [0.1, 0.15) is 19.4 Å². The van der Waals surface area contributed by atoms with Crippen LogP contribution in [0.2, 0.25) is 5.02 Å². The van der Waals surface area contributed by atoms with E-state index in [4.69, 9.17) is 21.1 Å². The van der Waals surface area contributed by atoms with Gasteiger partial charge in [-0.2, -0.15) is 0 Å². The lowest BCUT2D eigenvalue weighted by atomic mass is 10.1. The van der Waals surface area contributed by atoms with Crippen molar-refractivity contribution in [3.05, 3.63) is 66.0 Å². The van der Waals surface area contributed by atoms with Crippen LogP contribution >= 0.6 is 11.6 Å². The normalized spacial score (nSPS) is 14.4. The van der Waals surface area contributed by atoms with Crippen LogP contribution in [0.5, 0.6) is 11.6 Å². The summed E-state index contributed by atoms with van der Waals surface area (Å²) in [5.74, 6) is 1.54. The third kappa shape index (κ3) is 4.56. The third-order valence-corrected chi connectivity index (χ3v) is 6.08. The molecule has 4 heterocycles. The summed E-state index contributed by atoms with van der Waals surface area (Å²) in [5.41, 5.74) is 3.58. The number of nitrogens with zero attached hydrogens (tertiary/aromatic N) is 7. The smallest absolute Gasteiger partial charge is 0.289 e. The van der Waals surface area contributed by atoms with E-state index in [1.165, 1.54) is 12.7 Å². The number of fused-ring (bicyclic) bond motifs is 2. The molecular weight excluding hydrogens is 494 g/mol. The lowest BCUT2D eigenvalue weighted by Crippen LogP contribution is -2.17. The van der Waals surface area contributed by atoms with Crippen LogP contribution in [-0.2, 0) is 4.74 Å². The summed E-state index contributed by atoms with van der Waals surface area (Å²) < 4.78 is 13.3. The molecule has 0 saturated heterocycles. The number of rotatable bonds is 5. The van der Waals surface area contributed by atoms with Gasteiger partial charge in [0.2, 0.25) is 5.88 Å². The molecular formula is C25H22ClN9O2. The van der Waals surface area contributed by atoms with Gasteiger partial charge in [-0.15, -0.1) is 10.2 Å². The van der Waals surface area contributed by atoms with Gasteiger partial charge in [0.25, 0.3) is 6.02 Å². The van der Waals surface area contributed by atoms with E-state index in [0.29, 0.717) is 29.8 Å². The van der Waals surface area contributed by atoms with Gasteiger partial charge in [0.1, 0.15) is 42.2 Å². The van der Waals surface area contributed by atoms with Crippen molar-refractivity contribution >= 4 is 51.4 Å². The molecule has 5 aromatic rings. The Balaban J connectivity index is 1.24. The van der Waals surface area contributed by atoms with Crippen LogP contribution in [-0.4, -0.2) is 47.7 Å². The first kappa shape index (κ1) is 22.9. The summed E-state index contributed by atoms with van der Waals surface area (Å²) >= 11 is 6.40. The van der Waals surface area contributed by atoms with Gasteiger partial charge < -0.3 is 20.1 Å². The van der Waals surface area contributed by atoms with Crippen LogP contribution < -0.4 is 15.4 Å². The first-order valence-corrected chi connectivity index (χ1v) is 11.9. The number of hydrogen-bond acceptors (Lipinski definition) is 10. The number of ether oxygens (including phenoxy) is 2. The van der Waals surface area contributed by atoms with Crippen LogP contribution in [0, 0.1) is 6.92 Å². The molecule has 0 saturated carbocycles. The average Bonchev–Trinajstić information content (AvgIpc) is 3.49. The van der Waals surface area contributed by atoms with Gasteiger partial charge in [0.05, 0.1) is 11.1 Å². The van der Waals surface area contributed by atoms with Gasteiger partial charge >= 0.3 is 0 Å². The maximum atomic E-state index is 6.40. The van der Waals surface area contributed by atoms with Crippen molar-refractivity contribution in [3.8, 4) is 11.6 Å². The summed E-state index contributed by atoms with van der Waals surface area (Å²) in [4.78, 5) is 17.7. The minimum absolute atomic E-state index is 0.243. The molecule has 3 aromatic heterocycles. The van der Waals surface area contributed by atoms with Gasteiger partial charge in [0, 0.05) is 16.8 Å². The molecule has 0 aliphatic carbocycles. The molecule has 186 valence electrons. The zero-order valence-corrected chi connectivity index (χ0v) is 21.0. The van der Waals surface area contributed by atoms with E-state index in [0.717, 1.165) is 27.8 Å². The van der Waals surface area contributed by atoms with Crippen LogP contribution in [0.25, 0.3) is 16.6 Å². The number of aryl methyl sites for hydroxylation is 1. The molecule has 1 aliphatic heterocycles. The Morgan fingerprint density at radius 1 is 1.03 bits per heavy atom. The Morgan fingerprint density at radius 3 is 2.68 bits per heavy atom. The highest BCUT2D eigenvalue weighted by atomic mass is 35.5. The highest BCUT2D eigenvalue weighted by molar-refractivity contribution is 6.34. The minimum atomic E-state index is -0.243. The number of hydrogen-bond donors (Lipinski definition) is 2. The molecule has 0 amide bonds. The standard InChI is InChI=1S/C25H22ClN9O2/c1-14-8-15(5-7-19(14)37-23-20(26)22-34-30-13-35(22)12-29-23)31-21-17-9-16(4-6-18(17)27-11-28-21)32-24-33-25(2,3)10-36-24/h4-9,11-13H,10H2,1-3H3,(H,32,33)(H,27,28,31). The predicted octanol–water partition coefficient (Wildman–Crippen LogP) is 5.14. The minimum Gasteiger partial charge on any atom is -0.462 e. The second kappa shape index (κ2) is 8.86. The molecule has 2 aromatic carbocycles. The van der Waals surface area contributed by atoms with E-state index < -0.39 is 0 Å². The molecule has 0 unspecified atom stereocenters. The SMILES string of the molecule is Cc1cc(Nc2ncnc3ccc(NC4=NC(C)(C)CO4)cc23)ccc1Oc1ncn2cnnc2c1Cl. The fourth-order valence-electron chi connectivity index (χ4n) is 3.91. The number of amidine groups is 1. The van der Waals surface area contributed by atoms with Crippen molar-refractivity contribution in [3.63, 3.8) is 0 Å². The molecule has 6 rings (SSSR count). The molecule has 0 radical (unpaired) electrons. The molecule has 0 fully saturated rings. The van der Waals surface area contributed by atoms with Crippen molar-refractivity contribution in [2.24, 2.45) is 4.99 Å². The Morgan fingerprint density at radius 2 is 1.86 bits per heavy atom. The molecule has 2 N–H and O–H groups in total. The average molecular weight is 516 g/mol. The number of aliphatic imine (C=N–C) groups is 1. The predicted molar refractivity (Wildman–Crippen MR) is 141 cm³/mol. The lowest BCUT2D eigenvalue weighted by molar-refractivity contribution is 0.278. The topological polar surface area (TPSA) is 124 Å². The summed E-state index contributed by atoms with van der Waals surface area (Å²) in [6.45, 7) is 6.52. The van der Waals surface area contributed by atoms with Gasteiger partial charge in [-0.3, -0.25) is 4.40 Å². The lowest BCUT2D eigenvalue weighted by Gasteiger charge is -2.13. The molecule has 0 spiro atoms. The van der Waals surface area contributed by atoms with Crippen molar-refractivity contribution < 1.29 is 9.47 Å². The highest BCUT2D eigenvalue weighted by Crippen LogP contribution is 2.33. The first-order chi connectivity index (χ1) is 17.8. The van der Waals surface area contributed by atoms with Gasteiger partial charge in [-0.1, -0.05) is 11.6 Å². The monoisotopic (exact) mass is 515 g/mol. The molecule has 1 aliphatic rings. The Bertz CT molecular complexity index is 1680. The summed E-state index contributed by atoms with van der Waals surface area (Å²) in [7, 11) is 0. The number of aromatic nitrogens is 6. The summed E-state index contributed by atoms with van der Waals surface area (Å²) in [6, 6.07) is 12.0. The van der Waals surface area contributed by atoms with Crippen LogP contribution in [0.15, 0.2) is 60.4 Å². The summed E-state index contributed by atoms with van der Waals surface area (Å²) in [6.07, 6.45) is 4.61. The van der Waals surface area contributed by atoms with E-state index in [1.807, 2.05) is 57.2 Å². The van der Waals surface area contributed by atoms with E-state index in [2.05, 4.69) is 40.8 Å². The maximum Gasteiger partial charge on any atom is 0.289 e. The van der Waals surface area contributed by atoms with E-state index in [-0.39, 0.29) is 16.4 Å². The maximum absolute atomic E-state index is 6.40. The molecule has 0 atom stereocenters. The molecule has 12 heteroatoms.